The lowest BCUT2D eigenvalue weighted by Gasteiger charge is -2.07. The van der Waals surface area contributed by atoms with Crippen LogP contribution in [0.15, 0.2) is 42.7 Å². The average Bonchev–Trinajstić information content (AvgIpc) is 2.59. The minimum atomic E-state index is -0.110. The van der Waals surface area contributed by atoms with Crippen molar-refractivity contribution < 1.29 is 9.53 Å². The SMILES string of the molecule is CCNCCNC(=O)c1cncc(-c2ccc(OC)cc2)c1. The first kappa shape index (κ1) is 16.0. The van der Waals surface area contributed by atoms with Gasteiger partial charge in [-0.2, -0.15) is 0 Å². The third-order valence-corrected chi connectivity index (χ3v) is 3.26. The van der Waals surface area contributed by atoms with Crippen LogP contribution in [0.4, 0.5) is 0 Å². The number of carbonyl (C=O) groups excluding carboxylic acids is 1. The number of carbonyl (C=O) groups is 1. The van der Waals surface area contributed by atoms with Gasteiger partial charge in [-0.1, -0.05) is 19.1 Å². The molecule has 0 spiro atoms. The fraction of sp³-hybridized carbons (Fsp3) is 0.294. The van der Waals surface area contributed by atoms with Crippen molar-refractivity contribution in [3.05, 3.63) is 48.3 Å². The van der Waals surface area contributed by atoms with Crippen molar-refractivity contribution in [2.24, 2.45) is 0 Å². The van der Waals surface area contributed by atoms with Crippen LogP contribution in [0.5, 0.6) is 5.75 Å². The van der Waals surface area contributed by atoms with Gasteiger partial charge in [-0.05, 0) is 30.3 Å². The van der Waals surface area contributed by atoms with Crippen molar-refractivity contribution in [3.8, 4) is 16.9 Å². The highest BCUT2D eigenvalue weighted by atomic mass is 16.5. The highest BCUT2D eigenvalue weighted by Gasteiger charge is 2.07. The summed E-state index contributed by atoms with van der Waals surface area (Å²) in [6.07, 6.45) is 3.33. The van der Waals surface area contributed by atoms with E-state index in [-0.39, 0.29) is 5.91 Å². The molecule has 1 heterocycles. The fourth-order valence-corrected chi connectivity index (χ4v) is 2.05. The number of rotatable bonds is 7. The second-order valence-electron chi connectivity index (χ2n) is 4.80. The highest BCUT2D eigenvalue weighted by Crippen LogP contribution is 2.22. The van der Waals surface area contributed by atoms with Crippen LogP contribution in [-0.2, 0) is 0 Å². The molecule has 1 aromatic carbocycles. The Kier molecular flexibility index (Phi) is 5.91. The number of methoxy groups -OCH3 is 1. The van der Waals surface area contributed by atoms with Gasteiger partial charge >= 0.3 is 0 Å². The lowest BCUT2D eigenvalue weighted by molar-refractivity contribution is 0.0953. The maximum absolute atomic E-state index is 12.1. The van der Waals surface area contributed by atoms with E-state index >= 15 is 0 Å². The molecule has 0 unspecified atom stereocenters. The predicted molar refractivity (Wildman–Crippen MR) is 87.1 cm³/mol. The Morgan fingerprint density at radius 3 is 2.59 bits per heavy atom. The summed E-state index contributed by atoms with van der Waals surface area (Å²) in [6.45, 7) is 4.28. The van der Waals surface area contributed by atoms with Crippen LogP contribution < -0.4 is 15.4 Å². The second kappa shape index (κ2) is 8.14. The molecule has 0 aliphatic heterocycles. The van der Waals surface area contributed by atoms with Gasteiger partial charge in [0.05, 0.1) is 12.7 Å². The average molecular weight is 299 g/mol. The minimum Gasteiger partial charge on any atom is -0.497 e. The maximum Gasteiger partial charge on any atom is 0.252 e. The van der Waals surface area contributed by atoms with Gasteiger partial charge < -0.3 is 15.4 Å². The molecule has 0 aliphatic rings. The Morgan fingerprint density at radius 1 is 1.14 bits per heavy atom. The molecule has 5 heteroatoms. The molecule has 0 saturated heterocycles. The van der Waals surface area contributed by atoms with E-state index < -0.39 is 0 Å². The number of nitrogens with zero attached hydrogens (tertiary/aromatic N) is 1. The summed E-state index contributed by atoms with van der Waals surface area (Å²) < 4.78 is 5.15. The molecule has 0 radical (unpaired) electrons. The molecule has 2 N–H and O–H groups in total. The van der Waals surface area contributed by atoms with Crippen LogP contribution in [0.1, 0.15) is 17.3 Å². The number of nitrogens with one attached hydrogen (secondary N) is 2. The number of benzene rings is 1. The molecule has 2 aromatic rings. The van der Waals surface area contributed by atoms with Crippen molar-refractivity contribution in [2.75, 3.05) is 26.7 Å². The van der Waals surface area contributed by atoms with Crippen LogP contribution in [0.25, 0.3) is 11.1 Å². The van der Waals surface area contributed by atoms with Crippen LogP contribution in [0, 0.1) is 0 Å². The molecule has 116 valence electrons. The van der Waals surface area contributed by atoms with Crippen molar-refractivity contribution in [1.82, 2.24) is 15.6 Å². The zero-order valence-electron chi connectivity index (χ0n) is 12.9. The molecule has 22 heavy (non-hydrogen) atoms. The zero-order valence-corrected chi connectivity index (χ0v) is 12.9. The first-order chi connectivity index (χ1) is 10.7. The monoisotopic (exact) mass is 299 g/mol. The van der Waals surface area contributed by atoms with Crippen molar-refractivity contribution in [2.45, 2.75) is 6.92 Å². The minimum absolute atomic E-state index is 0.110. The van der Waals surface area contributed by atoms with E-state index in [0.29, 0.717) is 12.1 Å². The van der Waals surface area contributed by atoms with Gasteiger partial charge in [0.15, 0.2) is 0 Å². The van der Waals surface area contributed by atoms with Gasteiger partial charge in [-0.25, -0.2) is 0 Å². The molecule has 0 bridgehead atoms. The van der Waals surface area contributed by atoms with Crippen LogP contribution >= 0.6 is 0 Å². The Bertz CT molecular complexity index is 612. The number of aromatic nitrogens is 1. The Hall–Kier alpha value is -2.40. The molecular formula is C17H21N3O2. The zero-order chi connectivity index (χ0) is 15.8. The summed E-state index contributed by atoms with van der Waals surface area (Å²) in [5, 5.41) is 6.03. The summed E-state index contributed by atoms with van der Waals surface area (Å²) in [7, 11) is 1.63. The quantitative estimate of drug-likeness (QED) is 0.769. The third kappa shape index (κ3) is 4.30. The van der Waals surface area contributed by atoms with Gasteiger partial charge in [-0.3, -0.25) is 9.78 Å². The number of hydrogen-bond donors (Lipinski definition) is 2. The van der Waals surface area contributed by atoms with Crippen LogP contribution in [0.2, 0.25) is 0 Å². The molecular weight excluding hydrogens is 278 g/mol. The van der Waals surface area contributed by atoms with E-state index in [9.17, 15) is 4.79 Å². The molecule has 5 nitrogen and oxygen atoms in total. The smallest absolute Gasteiger partial charge is 0.252 e. The molecule has 0 aliphatic carbocycles. The standard InChI is InChI=1S/C17H21N3O2/c1-3-18-8-9-20-17(21)15-10-14(11-19-12-15)13-4-6-16(22-2)7-5-13/h4-7,10-12,18H,3,8-9H2,1-2H3,(H,20,21). The second-order valence-corrected chi connectivity index (χ2v) is 4.80. The molecule has 1 aromatic heterocycles. The number of amides is 1. The fourth-order valence-electron chi connectivity index (χ4n) is 2.05. The van der Waals surface area contributed by atoms with E-state index in [1.807, 2.05) is 37.3 Å². The first-order valence-electron chi connectivity index (χ1n) is 7.33. The van der Waals surface area contributed by atoms with E-state index in [4.69, 9.17) is 4.74 Å². The number of hydrogen-bond acceptors (Lipinski definition) is 4. The van der Waals surface area contributed by atoms with Gasteiger partial charge in [0.1, 0.15) is 5.75 Å². The molecule has 1 amide bonds. The Balaban J connectivity index is 2.06. The van der Waals surface area contributed by atoms with E-state index in [1.54, 1.807) is 19.5 Å². The summed E-state index contributed by atoms with van der Waals surface area (Å²) in [5.74, 6) is 0.690. The third-order valence-electron chi connectivity index (χ3n) is 3.26. The normalized spacial score (nSPS) is 10.3. The Labute approximate surface area is 130 Å². The van der Waals surface area contributed by atoms with Crippen molar-refractivity contribution in [1.29, 1.82) is 0 Å². The number of ether oxygens (including phenoxy) is 1. The molecule has 0 saturated carbocycles. The topological polar surface area (TPSA) is 63.2 Å². The van der Waals surface area contributed by atoms with Crippen molar-refractivity contribution in [3.63, 3.8) is 0 Å². The van der Waals surface area contributed by atoms with Gasteiger partial charge in [0.25, 0.3) is 5.91 Å². The molecule has 2 rings (SSSR count). The summed E-state index contributed by atoms with van der Waals surface area (Å²) in [6, 6.07) is 9.51. The number of pyridine rings is 1. The molecule has 0 fully saturated rings. The Morgan fingerprint density at radius 2 is 1.91 bits per heavy atom. The largest absolute Gasteiger partial charge is 0.497 e. The van der Waals surface area contributed by atoms with Crippen LogP contribution in [-0.4, -0.2) is 37.6 Å². The van der Waals surface area contributed by atoms with Gasteiger partial charge in [0.2, 0.25) is 0 Å². The van der Waals surface area contributed by atoms with Crippen molar-refractivity contribution >= 4 is 5.91 Å². The summed E-state index contributed by atoms with van der Waals surface area (Å²) >= 11 is 0. The first-order valence-corrected chi connectivity index (χ1v) is 7.33. The number of likely N-dealkylation sites (N-methyl/N-ethyl adjacent to an activating group) is 1. The summed E-state index contributed by atoms with van der Waals surface area (Å²) in [4.78, 5) is 16.3. The van der Waals surface area contributed by atoms with E-state index in [0.717, 1.165) is 30.0 Å². The predicted octanol–water partition coefficient (Wildman–Crippen LogP) is 2.10. The van der Waals surface area contributed by atoms with Gasteiger partial charge in [0, 0.05) is 31.0 Å². The lowest BCUT2D eigenvalue weighted by atomic mass is 10.1. The maximum atomic E-state index is 12.1. The summed E-state index contributed by atoms with van der Waals surface area (Å²) in [5.41, 5.74) is 2.46. The lowest BCUT2D eigenvalue weighted by Crippen LogP contribution is -2.31. The van der Waals surface area contributed by atoms with E-state index in [2.05, 4.69) is 15.6 Å². The highest BCUT2D eigenvalue weighted by molar-refractivity contribution is 5.95. The van der Waals surface area contributed by atoms with Gasteiger partial charge in [-0.15, -0.1) is 0 Å². The molecule has 0 atom stereocenters. The van der Waals surface area contributed by atoms with E-state index in [1.165, 1.54) is 0 Å². The van der Waals surface area contributed by atoms with Crippen LogP contribution in [0.3, 0.4) is 0 Å².